The highest BCUT2D eigenvalue weighted by Gasteiger charge is 2.22. The van der Waals surface area contributed by atoms with Crippen molar-refractivity contribution in [2.45, 2.75) is 31.7 Å². The van der Waals surface area contributed by atoms with Gasteiger partial charge in [-0.15, -0.1) is 0 Å². The number of hydrogen-bond acceptors (Lipinski definition) is 3. The molecule has 0 aromatic heterocycles. The second-order valence-electron chi connectivity index (χ2n) is 5.11. The second-order valence-corrected chi connectivity index (χ2v) is 5.11. The molecular weight excluding hydrogens is 242 g/mol. The molecule has 0 heterocycles. The maximum absolute atomic E-state index is 12.0. The van der Waals surface area contributed by atoms with Crippen LogP contribution in [0.15, 0.2) is 24.3 Å². The van der Waals surface area contributed by atoms with Crippen molar-refractivity contribution in [1.82, 2.24) is 5.32 Å². The summed E-state index contributed by atoms with van der Waals surface area (Å²) in [4.78, 5) is 22.6. The lowest BCUT2D eigenvalue weighted by atomic mass is 9.86. The number of amides is 1. The summed E-state index contributed by atoms with van der Waals surface area (Å²) in [6, 6.07) is 6.81. The van der Waals surface area contributed by atoms with Gasteiger partial charge in [0.1, 0.15) is 6.29 Å². The lowest BCUT2D eigenvalue weighted by molar-refractivity contribution is 0.0913. The molecule has 1 fully saturated rings. The molecule has 1 aliphatic carbocycles. The standard InChI is InChI=1S/C15H19NO3/c17-9-11-1-5-13(6-2-11)15(19)16-14-7-3-12(10-18)4-8-14/h1-2,5-6,9,12,14,18H,3-4,7-8,10H2,(H,16,19). The Kier molecular flexibility index (Phi) is 4.68. The van der Waals surface area contributed by atoms with Gasteiger partial charge < -0.3 is 10.4 Å². The first-order valence-electron chi connectivity index (χ1n) is 6.70. The van der Waals surface area contributed by atoms with E-state index in [0.29, 0.717) is 17.0 Å². The van der Waals surface area contributed by atoms with Crippen LogP contribution in [-0.2, 0) is 0 Å². The van der Waals surface area contributed by atoms with Crippen LogP contribution in [0.4, 0.5) is 0 Å². The molecule has 1 amide bonds. The van der Waals surface area contributed by atoms with Crippen molar-refractivity contribution in [2.24, 2.45) is 5.92 Å². The molecule has 0 atom stereocenters. The summed E-state index contributed by atoms with van der Waals surface area (Å²) >= 11 is 0. The Bertz CT molecular complexity index is 433. The van der Waals surface area contributed by atoms with Gasteiger partial charge in [0.25, 0.3) is 5.91 Å². The summed E-state index contributed by atoms with van der Waals surface area (Å²) in [6.07, 6.45) is 4.53. The van der Waals surface area contributed by atoms with E-state index in [1.165, 1.54) is 0 Å². The van der Waals surface area contributed by atoms with Crippen LogP contribution in [0.2, 0.25) is 0 Å². The zero-order valence-electron chi connectivity index (χ0n) is 10.8. The largest absolute Gasteiger partial charge is 0.396 e. The fraction of sp³-hybridized carbons (Fsp3) is 0.467. The van der Waals surface area contributed by atoms with Gasteiger partial charge in [0.2, 0.25) is 0 Å². The zero-order chi connectivity index (χ0) is 13.7. The van der Waals surface area contributed by atoms with E-state index < -0.39 is 0 Å². The molecule has 1 aliphatic rings. The summed E-state index contributed by atoms with van der Waals surface area (Å²) in [6.45, 7) is 0.244. The molecule has 0 radical (unpaired) electrons. The third-order valence-electron chi connectivity index (χ3n) is 3.75. The molecule has 102 valence electrons. The van der Waals surface area contributed by atoms with E-state index in [2.05, 4.69) is 5.32 Å². The first kappa shape index (κ1) is 13.7. The summed E-state index contributed by atoms with van der Waals surface area (Å²) in [5, 5.41) is 12.1. The van der Waals surface area contributed by atoms with E-state index in [-0.39, 0.29) is 18.6 Å². The Hall–Kier alpha value is -1.68. The minimum Gasteiger partial charge on any atom is -0.396 e. The molecule has 4 heteroatoms. The molecule has 1 aromatic rings. The van der Waals surface area contributed by atoms with E-state index in [0.717, 1.165) is 32.0 Å². The normalized spacial score (nSPS) is 22.8. The molecule has 0 bridgehead atoms. The number of rotatable bonds is 4. The van der Waals surface area contributed by atoms with Crippen LogP contribution < -0.4 is 5.32 Å². The number of carbonyl (C=O) groups is 2. The molecule has 19 heavy (non-hydrogen) atoms. The van der Waals surface area contributed by atoms with Crippen molar-refractivity contribution >= 4 is 12.2 Å². The van der Waals surface area contributed by atoms with Gasteiger partial charge in [0.05, 0.1) is 0 Å². The van der Waals surface area contributed by atoms with Crippen molar-refractivity contribution in [3.05, 3.63) is 35.4 Å². The molecule has 1 aromatic carbocycles. The van der Waals surface area contributed by atoms with Crippen LogP contribution in [0, 0.1) is 5.92 Å². The van der Waals surface area contributed by atoms with Crippen molar-refractivity contribution in [3.8, 4) is 0 Å². The average Bonchev–Trinajstić information content (AvgIpc) is 2.48. The maximum atomic E-state index is 12.0. The highest BCUT2D eigenvalue weighted by Crippen LogP contribution is 2.23. The highest BCUT2D eigenvalue weighted by molar-refractivity contribution is 5.95. The molecule has 2 rings (SSSR count). The molecule has 0 aliphatic heterocycles. The molecule has 1 saturated carbocycles. The quantitative estimate of drug-likeness (QED) is 0.812. The summed E-state index contributed by atoms with van der Waals surface area (Å²) in [7, 11) is 0. The van der Waals surface area contributed by atoms with Gasteiger partial charge in [-0.1, -0.05) is 12.1 Å². The lowest BCUT2D eigenvalue weighted by Gasteiger charge is -2.27. The second kappa shape index (κ2) is 6.48. The number of aliphatic hydroxyl groups is 1. The van der Waals surface area contributed by atoms with Gasteiger partial charge >= 0.3 is 0 Å². The van der Waals surface area contributed by atoms with Crippen LogP contribution in [0.3, 0.4) is 0 Å². The number of hydrogen-bond donors (Lipinski definition) is 2. The first-order valence-corrected chi connectivity index (χ1v) is 6.70. The predicted molar refractivity (Wildman–Crippen MR) is 72.1 cm³/mol. The predicted octanol–water partition coefficient (Wildman–Crippen LogP) is 1.78. The number of nitrogens with one attached hydrogen (secondary N) is 1. The van der Waals surface area contributed by atoms with Gasteiger partial charge in [0, 0.05) is 23.8 Å². The monoisotopic (exact) mass is 261 g/mol. The topological polar surface area (TPSA) is 66.4 Å². The average molecular weight is 261 g/mol. The molecule has 2 N–H and O–H groups in total. The number of aldehydes is 1. The lowest BCUT2D eigenvalue weighted by Crippen LogP contribution is -2.38. The fourth-order valence-corrected chi connectivity index (χ4v) is 2.47. The minimum atomic E-state index is -0.0927. The Morgan fingerprint density at radius 1 is 1.21 bits per heavy atom. The van der Waals surface area contributed by atoms with Gasteiger partial charge in [-0.25, -0.2) is 0 Å². The summed E-state index contributed by atoms with van der Waals surface area (Å²) in [5.41, 5.74) is 1.15. The van der Waals surface area contributed by atoms with Crippen molar-refractivity contribution < 1.29 is 14.7 Å². The first-order chi connectivity index (χ1) is 9.22. The fourth-order valence-electron chi connectivity index (χ4n) is 2.47. The van der Waals surface area contributed by atoms with E-state index in [1.54, 1.807) is 24.3 Å². The van der Waals surface area contributed by atoms with Crippen LogP contribution in [-0.4, -0.2) is 29.9 Å². The summed E-state index contributed by atoms with van der Waals surface area (Å²) in [5.74, 6) is 0.296. The number of carbonyl (C=O) groups excluding carboxylic acids is 2. The van der Waals surface area contributed by atoms with E-state index in [1.807, 2.05) is 0 Å². The SMILES string of the molecule is O=Cc1ccc(C(=O)NC2CCC(CO)CC2)cc1. The van der Waals surface area contributed by atoms with E-state index in [9.17, 15) is 9.59 Å². The Morgan fingerprint density at radius 2 is 1.84 bits per heavy atom. The van der Waals surface area contributed by atoms with Crippen LogP contribution in [0.25, 0.3) is 0 Å². The van der Waals surface area contributed by atoms with Crippen molar-refractivity contribution in [3.63, 3.8) is 0 Å². The number of aliphatic hydroxyl groups excluding tert-OH is 1. The van der Waals surface area contributed by atoms with Gasteiger partial charge in [-0.2, -0.15) is 0 Å². The number of benzene rings is 1. The van der Waals surface area contributed by atoms with Crippen molar-refractivity contribution in [1.29, 1.82) is 0 Å². The maximum Gasteiger partial charge on any atom is 0.251 e. The smallest absolute Gasteiger partial charge is 0.251 e. The third-order valence-corrected chi connectivity index (χ3v) is 3.75. The van der Waals surface area contributed by atoms with Crippen molar-refractivity contribution in [2.75, 3.05) is 6.61 Å². The van der Waals surface area contributed by atoms with Gasteiger partial charge in [0.15, 0.2) is 0 Å². The molecule has 0 spiro atoms. The minimum absolute atomic E-state index is 0.0927. The zero-order valence-corrected chi connectivity index (χ0v) is 10.8. The van der Waals surface area contributed by atoms with E-state index >= 15 is 0 Å². The Balaban J connectivity index is 1.88. The van der Waals surface area contributed by atoms with E-state index in [4.69, 9.17) is 5.11 Å². The molecule has 0 saturated heterocycles. The molecule has 4 nitrogen and oxygen atoms in total. The Labute approximate surface area is 112 Å². The van der Waals surface area contributed by atoms with Gasteiger partial charge in [-0.3, -0.25) is 9.59 Å². The summed E-state index contributed by atoms with van der Waals surface area (Å²) < 4.78 is 0. The van der Waals surface area contributed by atoms with Crippen LogP contribution in [0.1, 0.15) is 46.4 Å². The third kappa shape index (κ3) is 3.64. The molecule has 0 unspecified atom stereocenters. The van der Waals surface area contributed by atoms with Gasteiger partial charge in [-0.05, 0) is 43.7 Å². The Morgan fingerprint density at radius 3 is 2.37 bits per heavy atom. The molecular formula is C15H19NO3. The van der Waals surface area contributed by atoms with Crippen LogP contribution in [0.5, 0.6) is 0 Å². The highest BCUT2D eigenvalue weighted by atomic mass is 16.3. The van der Waals surface area contributed by atoms with Crippen LogP contribution >= 0.6 is 0 Å².